The van der Waals surface area contributed by atoms with Gasteiger partial charge in [0.15, 0.2) is 0 Å². The normalized spacial score (nSPS) is 15.3. The van der Waals surface area contributed by atoms with Crippen molar-refractivity contribution in [1.29, 1.82) is 0 Å². The van der Waals surface area contributed by atoms with Crippen molar-refractivity contribution in [3.05, 3.63) is 36.0 Å². The van der Waals surface area contributed by atoms with Crippen LogP contribution in [-0.2, 0) is 25.6 Å². The second-order valence-electron chi connectivity index (χ2n) is 9.46. The van der Waals surface area contributed by atoms with E-state index in [-0.39, 0.29) is 18.8 Å². The van der Waals surface area contributed by atoms with Gasteiger partial charge in [-0.25, -0.2) is 0 Å². The molecule has 0 saturated heterocycles. The van der Waals surface area contributed by atoms with Gasteiger partial charge in [0.1, 0.15) is 18.1 Å². The van der Waals surface area contributed by atoms with Crippen molar-refractivity contribution in [3.63, 3.8) is 0 Å². The number of aromatic nitrogens is 1. The lowest BCUT2D eigenvalue weighted by Gasteiger charge is -2.27. The summed E-state index contributed by atoms with van der Waals surface area (Å²) in [6, 6.07) is 3.81. The second-order valence-corrected chi connectivity index (χ2v) is 9.46. The third-order valence-electron chi connectivity index (χ3n) is 6.55. The highest BCUT2D eigenvalue weighted by atomic mass is 16.4. The quantitative estimate of drug-likeness (QED) is 0.170. The fourth-order valence-electron chi connectivity index (χ4n) is 3.99. The van der Waals surface area contributed by atoms with Gasteiger partial charge in [-0.2, -0.15) is 0 Å². The molecule has 1 aromatic carbocycles. The number of carbonyl (C=O) groups is 4. The van der Waals surface area contributed by atoms with E-state index in [2.05, 4.69) is 20.9 Å². The van der Waals surface area contributed by atoms with E-state index >= 15 is 0 Å². The van der Waals surface area contributed by atoms with Gasteiger partial charge in [-0.1, -0.05) is 38.5 Å². The summed E-state index contributed by atoms with van der Waals surface area (Å²) >= 11 is 0. The van der Waals surface area contributed by atoms with E-state index < -0.39 is 47.9 Å². The van der Waals surface area contributed by atoms with Crippen molar-refractivity contribution in [1.82, 2.24) is 20.9 Å². The number of H-pyrrole nitrogens is 1. The Hall–Kier alpha value is -3.44. The van der Waals surface area contributed by atoms with Crippen LogP contribution in [-0.4, -0.2) is 64.5 Å². The van der Waals surface area contributed by atoms with Crippen LogP contribution in [0.2, 0.25) is 0 Å². The van der Waals surface area contributed by atoms with Crippen LogP contribution in [0.15, 0.2) is 30.5 Å². The average Bonchev–Trinajstić information content (AvgIpc) is 3.28. The molecule has 0 saturated carbocycles. The van der Waals surface area contributed by atoms with E-state index in [4.69, 9.17) is 16.6 Å². The first-order chi connectivity index (χ1) is 17.6. The number of hydrogen-bond donors (Lipinski definition) is 7. The molecule has 2 rings (SSSR count). The summed E-state index contributed by atoms with van der Waals surface area (Å²) in [4.78, 5) is 53.3. The molecule has 2 aromatic rings. The van der Waals surface area contributed by atoms with Crippen molar-refractivity contribution in [2.24, 2.45) is 17.4 Å². The summed E-state index contributed by atoms with van der Waals surface area (Å²) < 4.78 is 0. The maximum Gasteiger partial charge on any atom is 0.325 e. The van der Waals surface area contributed by atoms with Crippen molar-refractivity contribution in [2.45, 2.75) is 77.0 Å². The van der Waals surface area contributed by atoms with Gasteiger partial charge >= 0.3 is 5.97 Å². The number of unbranched alkanes of at least 4 members (excludes halogenated alkanes) is 1. The number of nitrogens with one attached hydrogen (secondary N) is 4. The van der Waals surface area contributed by atoms with Crippen LogP contribution in [0.4, 0.5) is 0 Å². The molecule has 11 heteroatoms. The molecule has 0 aliphatic heterocycles. The summed E-state index contributed by atoms with van der Waals surface area (Å²) in [6.45, 7) is 5.48. The zero-order chi connectivity index (χ0) is 27.5. The topological polar surface area (TPSA) is 192 Å². The molecule has 0 fully saturated rings. The lowest BCUT2D eigenvalue weighted by atomic mass is 9.96. The minimum absolute atomic E-state index is 0.241. The zero-order valence-corrected chi connectivity index (χ0v) is 21.8. The number of nitrogens with two attached hydrogens (primary N) is 2. The Morgan fingerprint density at radius 2 is 1.70 bits per heavy atom. The lowest BCUT2D eigenvalue weighted by Crippen LogP contribution is -2.58. The van der Waals surface area contributed by atoms with Crippen LogP contribution in [0, 0.1) is 5.92 Å². The van der Waals surface area contributed by atoms with Crippen molar-refractivity contribution >= 4 is 34.6 Å². The van der Waals surface area contributed by atoms with Crippen LogP contribution in [0.3, 0.4) is 0 Å². The van der Waals surface area contributed by atoms with Gasteiger partial charge in [-0.3, -0.25) is 19.2 Å². The first kappa shape index (κ1) is 29.8. The summed E-state index contributed by atoms with van der Waals surface area (Å²) in [6.07, 6.45) is 4.17. The third-order valence-corrected chi connectivity index (χ3v) is 6.55. The number of amides is 3. The summed E-state index contributed by atoms with van der Waals surface area (Å²) in [7, 11) is 0. The van der Waals surface area contributed by atoms with E-state index in [9.17, 15) is 19.2 Å². The van der Waals surface area contributed by atoms with Crippen LogP contribution in [0.25, 0.3) is 10.9 Å². The molecule has 0 aliphatic carbocycles. The molecule has 1 heterocycles. The highest BCUT2D eigenvalue weighted by Crippen LogP contribution is 2.19. The van der Waals surface area contributed by atoms with Crippen molar-refractivity contribution < 1.29 is 24.3 Å². The number of hydrogen-bond acceptors (Lipinski definition) is 6. The molecule has 204 valence electrons. The first-order valence-electron chi connectivity index (χ1n) is 12.7. The average molecular weight is 517 g/mol. The number of rotatable bonds is 15. The number of carboxylic acid groups (broad SMARTS) is 1. The Bertz CT molecular complexity index is 1070. The molecule has 9 N–H and O–H groups in total. The zero-order valence-electron chi connectivity index (χ0n) is 21.8. The SMILES string of the molecule is CCC(C)C(NC(=O)C(N)Cc1c[nH]c2ccccc12)C(=O)NC(CCCCN)C(=O)NC(C)C(=O)O. The van der Waals surface area contributed by atoms with Crippen LogP contribution >= 0.6 is 0 Å². The molecule has 37 heavy (non-hydrogen) atoms. The number of para-hydroxylation sites is 1. The monoisotopic (exact) mass is 516 g/mol. The molecule has 5 atom stereocenters. The largest absolute Gasteiger partial charge is 0.480 e. The molecule has 1 aromatic heterocycles. The predicted molar refractivity (Wildman–Crippen MR) is 141 cm³/mol. The van der Waals surface area contributed by atoms with Crippen molar-refractivity contribution in [2.75, 3.05) is 6.54 Å². The smallest absolute Gasteiger partial charge is 0.325 e. The number of benzene rings is 1. The number of aliphatic carboxylic acids is 1. The van der Waals surface area contributed by atoms with Gasteiger partial charge in [-0.05, 0) is 56.7 Å². The van der Waals surface area contributed by atoms with Crippen LogP contribution in [0.1, 0.15) is 52.0 Å². The highest BCUT2D eigenvalue weighted by molar-refractivity contribution is 5.94. The maximum absolute atomic E-state index is 13.3. The predicted octanol–water partition coefficient (Wildman–Crippen LogP) is 0.772. The minimum atomic E-state index is -1.19. The van der Waals surface area contributed by atoms with E-state index in [1.807, 2.05) is 44.3 Å². The summed E-state index contributed by atoms with van der Waals surface area (Å²) in [5, 5.41) is 18.0. The van der Waals surface area contributed by atoms with Gasteiger partial charge in [0, 0.05) is 17.1 Å². The van der Waals surface area contributed by atoms with Gasteiger partial charge in [-0.15, -0.1) is 0 Å². The second kappa shape index (κ2) is 14.3. The molecule has 11 nitrogen and oxygen atoms in total. The van der Waals surface area contributed by atoms with Crippen LogP contribution < -0.4 is 27.4 Å². The van der Waals surface area contributed by atoms with E-state index in [1.54, 1.807) is 0 Å². The van der Waals surface area contributed by atoms with Gasteiger partial charge in [0.05, 0.1) is 6.04 Å². The standard InChI is InChI=1S/C26H40N6O5/c1-4-15(2)22(25(35)31-21(11-7-8-12-27)24(34)30-16(3)26(36)37)32-23(33)19(28)13-17-14-29-20-10-6-5-9-18(17)20/h5-6,9-10,14-16,19,21-22,29H,4,7-8,11-13,27-28H2,1-3H3,(H,30,34)(H,31,35)(H,32,33)(H,36,37). The Kier molecular flexibility index (Phi) is 11.5. The molecule has 5 unspecified atom stereocenters. The lowest BCUT2D eigenvalue weighted by molar-refractivity contribution is -0.142. The fourth-order valence-corrected chi connectivity index (χ4v) is 3.99. The third kappa shape index (κ3) is 8.57. The number of fused-ring (bicyclic) bond motifs is 1. The van der Waals surface area contributed by atoms with E-state index in [1.165, 1.54) is 6.92 Å². The number of aromatic amines is 1. The Morgan fingerprint density at radius 1 is 1.00 bits per heavy atom. The molecule has 0 bridgehead atoms. The highest BCUT2D eigenvalue weighted by Gasteiger charge is 2.32. The minimum Gasteiger partial charge on any atom is -0.480 e. The van der Waals surface area contributed by atoms with E-state index in [0.29, 0.717) is 25.8 Å². The van der Waals surface area contributed by atoms with Gasteiger partial charge in [0.2, 0.25) is 17.7 Å². The van der Waals surface area contributed by atoms with Crippen LogP contribution in [0.5, 0.6) is 0 Å². The Balaban J connectivity index is 2.11. The fraction of sp³-hybridized carbons (Fsp3) is 0.538. The molecular formula is C26H40N6O5. The molecular weight excluding hydrogens is 476 g/mol. The summed E-state index contributed by atoms with van der Waals surface area (Å²) in [5.74, 6) is -3.04. The molecule has 0 aliphatic rings. The van der Waals surface area contributed by atoms with E-state index in [0.717, 1.165) is 16.5 Å². The molecule has 3 amide bonds. The summed E-state index contributed by atoms with van der Waals surface area (Å²) in [5.41, 5.74) is 13.6. The first-order valence-corrected chi connectivity index (χ1v) is 12.7. The van der Waals surface area contributed by atoms with Gasteiger partial charge < -0.3 is 37.5 Å². The Labute approximate surface area is 217 Å². The molecule has 0 spiro atoms. The number of carbonyl (C=O) groups excluding carboxylic acids is 3. The molecule has 0 radical (unpaired) electrons. The van der Waals surface area contributed by atoms with Gasteiger partial charge in [0.25, 0.3) is 0 Å². The Morgan fingerprint density at radius 3 is 2.35 bits per heavy atom. The van der Waals surface area contributed by atoms with Crippen molar-refractivity contribution in [3.8, 4) is 0 Å². The maximum atomic E-state index is 13.3. The number of carboxylic acids is 1.